The fourth-order valence-corrected chi connectivity index (χ4v) is 0.941. The summed E-state index contributed by atoms with van der Waals surface area (Å²) in [6.45, 7) is 8.59. The number of hydrogen-bond acceptors (Lipinski definition) is 2. The lowest BCUT2D eigenvalue weighted by atomic mass is 10.2. The molecule has 0 unspecified atom stereocenters. The third kappa shape index (κ3) is 5.56. The summed E-state index contributed by atoms with van der Waals surface area (Å²) in [6, 6.07) is 0. The summed E-state index contributed by atoms with van der Waals surface area (Å²) in [5.74, 6) is 0.861. The molecule has 0 amide bonds. The van der Waals surface area contributed by atoms with Crippen LogP contribution in [0.2, 0.25) is 0 Å². The summed E-state index contributed by atoms with van der Waals surface area (Å²) in [5.41, 5.74) is -0.0249. The molecule has 1 fully saturated rings. The molecule has 12 heavy (non-hydrogen) atoms. The van der Waals surface area contributed by atoms with Crippen molar-refractivity contribution in [3.8, 4) is 0 Å². The zero-order valence-electron chi connectivity index (χ0n) is 8.43. The van der Waals surface area contributed by atoms with Crippen LogP contribution in [0.3, 0.4) is 0 Å². The second-order valence-corrected chi connectivity index (χ2v) is 4.48. The van der Waals surface area contributed by atoms with E-state index in [0.29, 0.717) is 0 Å². The molecule has 0 radical (unpaired) electrons. The van der Waals surface area contributed by atoms with Gasteiger partial charge in [-0.2, -0.15) is 0 Å². The number of rotatable bonds is 5. The van der Waals surface area contributed by atoms with Crippen LogP contribution < -0.4 is 0 Å². The van der Waals surface area contributed by atoms with Crippen LogP contribution in [0.25, 0.3) is 0 Å². The predicted octanol–water partition coefficient (Wildman–Crippen LogP) is 2.23. The smallest absolute Gasteiger partial charge is 0.0707 e. The molecule has 0 aromatic rings. The highest BCUT2D eigenvalue weighted by atomic mass is 16.5. The van der Waals surface area contributed by atoms with Crippen molar-refractivity contribution in [3.63, 3.8) is 0 Å². The molecule has 1 aliphatic rings. The first-order chi connectivity index (χ1) is 5.58. The van der Waals surface area contributed by atoms with E-state index in [0.717, 1.165) is 25.7 Å². The summed E-state index contributed by atoms with van der Waals surface area (Å²) in [4.78, 5) is 0. The van der Waals surface area contributed by atoms with Crippen molar-refractivity contribution in [1.82, 2.24) is 0 Å². The Morgan fingerprint density at radius 2 is 1.83 bits per heavy atom. The molecular weight excluding hydrogens is 152 g/mol. The Hall–Kier alpha value is -0.0800. The molecule has 0 heterocycles. The summed E-state index contributed by atoms with van der Waals surface area (Å²) in [7, 11) is 0. The summed E-state index contributed by atoms with van der Waals surface area (Å²) in [5, 5.41) is 0. The lowest BCUT2D eigenvalue weighted by Crippen LogP contribution is -2.22. The minimum atomic E-state index is -0.0249. The van der Waals surface area contributed by atoms with E-state index in [-0.39, 0.29) is 5.60 Å². The van der Waals surface area contributed by atoms with Gasteiger partial charge in [-0.25, -0.2) is 0 Å². The van der Waals surface area contributed by atoms with Crippen LogP contribution in [0, 0.1) is 5.92 Å². The van der Waals surface area contributed by atoms with Crippen molar-refractivity contribution < 1.29 is 9.47 Å². The van der Waals surface area contributed by atoms with E-state index < -0.39 is 0 Å². The maximum Gasteiger partial charge on any atom is 0.0707 e. The van der Waals surface area contributed by atoms with E-state index in [9.17, 15) is 0 Å². The summed E-state index contributed by atoms with van der Waals surface area (Å²) < 4.78 is 10.9. The quantitative estimate of drug-likeness (QED) is 0.592. The molecule has 0 aliphatic heterocycles. The highest BCUT2D eigenvalue weighted by molar-refractivity contribution is 4.71. The summed E-state index contributed by atoms with van der Waals surface area (Å²) >= 11 is 0. The molecule has 1 saturated carbocycles. The average molecular weight is 172 g/mol. The molecule has 2 heteroatoms. The lowest BCUT2D eigenvalue weighted by molar-refractivity contribution is -0.0360. The van der Waals surface area contributed by atoms with Crippen LogP contribution in [0.4, 0.5) is 0 Å². The Labute approximate surface area is 75.2 Å². The van der Waals surface area contributed by atoms with E-state index in [1.54, 1.807) is 0 Å². The van der Waals surface area contributed by atoms with E-state index in [2.05, 4.69) is 20.8 Å². The van der Waals surface area contributed by atoms with Crippen LogP contribution >= 0.6 is 0 Å². The SMILES string of the molecule is CC(C)(C)OCCOCC1CC1. The fourth-order valence-electron chi connectivity index (χ4n) is 0.941. The van der Waals surface area contributed by atoms with Gasteiger partial charge in [0, 0.05) is 6.61 Å². The van der Waals surface area contributed by atoms with Crippen molar-refractivity contribution in [2.24, 2.45) is 5.92 Å². The summed E-state index contributed by atoms with van der Waals surface area (Å²) in [6.07, 6.45) is 2.72. The van der Waals surface area contributed by atoms with E-state index >= 15 is 0 Å². The minimum absolute atomic E-state index is 0.0249. The van der Waals surface area contributed by atoms with Gasteiger partial charge < -0.3 is 9.47 Å². The van der Waals surface area contributed by atoms with Gasteiger partial charge in [0.25, 0.3) is 0 Å². The van der Waals surface area contributed by atoms with Crippen molar-refractivity contribution in [1.29, 1.82) is 0 Å². The van der Waals surface area contributed by atoms with Crippen LogP contribution in [-0.2, 0) is 9.47 Å². The van der Waals surface area contributed by atoms with Gasteiger partial charge in [0.2, 0.25) is 0 Å². The molecule has 0 atom stereocenters. The van der Waals surface area contributed by atoms with Gasteiger partial charge in [0.15, 0.2) is 0 Å². The maximum atomic E-state index is 5.51. The number of ether oxygens (including phenoxy) is 2. The van der Waals surface area contributed by atoms with Gasteiger partial charge in [0.05, 0.1) is 18.8 Å². The van der Waals surface area contributed by atoms with Crippen LogP contribution in [0.15, 0.2) is 0 Å². The van der Waals surface area contributed by atoms with Crippen LogP contribution in [0.1, 0.15) is 33.6 Å². The van der Waals surface area contributed by atoms with Gasteiger partial charge in [0.1, 0.15) is 0 Å². The van der Waals surface area contributed by atoms with E-state index in [1.807, 2.05) is 0 Å². The van der Waals surface area contributed by atoms with Gasteiger partial charge in [-0.05, 0) is 39.5 Å². The first-order valence-corrected chi connectivity index (χ1v) is 4.79. The predicted molar refractivity (Wildman–Crippen MR) is 49.2 cm³/mol. The van der Waals surface area contributed by atoms with Crippen molar-refractivity contribution >= 4 is 0 Å². The van der Waals surface area contributed by atoms with E-state index in [4.69, 9.17) is 9.47 Å². The molecule has 0 aromatic carbocycles. The topological polar surface area (TPSA) is 18.5 Å². The lowest BCUT2D eigenvalue weighted by Gasteiger charge is -2.19. The standard InChI is InChI=1S/C10H20O2/c1-10(2,3)12-7-6-11-8-9-4-5-9/h9H,4-8H2,1-3H3. The van der Waals surface area contributed by atoms with E-state index in [1.165, 1.54) is 12.8 Å². The molecule has 0 bridgehead atoms. The molecule has 1 aliphatic carbocycles. The van der Waals surface area contributed by atoms with Gasteiger partial charge in [-0.1, -0.05) is 0 Å². The Balaban J connectivity index is 1.82. The molecule has 1 rings (SSSR count). The normalized spacial score (nSPS) is 18.2. The van der Waals surface area contributed by atoms with Crippen LogP contribution in [0.5, 0.6) is 0 Å². The van der Waals surface area contributed by atoms with Gasteiger partial charge in [-0.3, -0.25) is 0 Å². The molecular formula is C10H20O2. The zero-order valence-corrected chi connectivity index (χ0v) is 8.43. The highest BCUT2D eigenvalue weighted by Gasteiger charge is 2.21. The van der Waals surface area contributed by atoms with Gasteiger partial charge >= 0.3 is 0 Å². The highest BCUT2D eigenvalue weighted by Crippen LogP contribution is 2.28. The minimum Gasteiger partial charge on any atom is -0.379 e. The molecule has 0 aromatic heterocycles. The van der Waals surface area contributed by atoms with Crippen molar-refractivity contribution in [3.05, 3.63) is 0 Å². The second kappa shape index (κ2) is 4.24. The van der Waals surface area contributed by atoms with Gasteiger partial charge in [-0.15, -0.1) is 0 Å². The third-order valence-electron chi connectivity index (χ3n) is 1.81. The second-order valence-electron chi connectivity index (χ2n) is 4.48. The first kappa shape index (κ1) is 10.0. The molecule has 72 valence electrons. The molecule has 0 N–H and O–H groups in total. The molecule has 0 saturated heterocycles. The Morgan fingerprint density at radius 1 is 1.17 bits per heavy atom. The average Bonchev–Trinajstić information content (AvgIpc) is 2.68. The Bertz CT molecular complexity index is 122. The largest absolute Gasteiger partial charge is 0.379 e. The zero-order chi connectivity index (χ0) is 9.03. The Kier molecular flexibility index (Phi) is 3.53. The third-order valence-corrected chi connectivity index (χ3v) is 1.81. The van der Waals surface area contributed by atoms with Crippen molar-refractivity contribution in [2.75, 3.05) is 19.8 Å². The van der Waals surface area contributed by atoms with Crippen molar-refractivity contribution in [2.45, 2.75) is 39.2 Å². The molecule has 0 spiro atoms. The number of hydrogen-bond donors (Lipinski definition) is 0. The fraction of sp³-hybridized carbons (Fsp3) is 1.00. The maximum absolute atomic E-state index is 5.51. The monoisotopic (exact) mass is 172 g/mol. The molecule has 2 nitrogen and oxygen atoms in total. The first-order valence-electron chi connectivity index (χ1n) is 4.79. The Morgan fingerprint density at radius 3 is 2.33 bits per heavy atom. The van der Waals surface area contributed by atoms with Crippen LogP contribution in [-0.4, -0.2) is 25.4 Å².